The van der Waals surface area contributed by atoms with Gasteiger partial charge in [-0.1, -0.05) is 0 Å². The highest BCUT2D eigenvalue weighted by molar-refractivity contribution is 6.03. The molecule has 1 aliphatic rings. The average molecular weight is 204 g/mol. The number of amides is 1. The Bertz CT molecular complexity index is 481. The Hall–Kier alpha value is -2.27. The number of nitrogens with one attached hydrogen (secondary N) is 4. The quantitative estimate of drug-likeness (QED) is 0.373. The van der Waals surface area contributed by atoms with Crippen molar-refractivity contribution in [3.05, 3.63) is 17.0 Å². The largest absolute Gasteiger partial charge is 0.350 e. The van der Waals surface area contributed by atoms with Gasteiger partial charge in [0.2, 0.25) is 0 Å². The first kappa shape index (κ1) is 9.29. The summed E-state index contributed by atoms with van der Waals surface area (Å²) < 4.78 is 0. The first-order valence-corrected chi connectivity index (χ1v) is 4.31. The maximum atomic E-state index is 11.3. The summed E-state index contributed by atoms with van der Waals surface area (Å²) in [7, 11) is 0. The van der Waals surface area contributed by atoms with Gasteiger partial charge in [0, 0.05) is 12.1 Å². The van der Waals surface area contributed by atoms with Crippen LogP contribution in [0.3, 0.4) is 0 Å². The van der Waals surface area contributed by atoms with Gasteiger partial charge in [-0.15, -0.1) is 0 Å². The highest BCUT2D eigenvalue weighted by Crippen LogP contribution is 2.15. The van der Waals surface area contributed by atoms with E-state index in [1.165, 1.54) is 0 Å². The molecule has 0 bridgehead atoms. The number of fused-ring (bicyclic) bond motifs is 1. The van der Waals surface area contributed by atoms with Gasteiger partial charge in [0.1, 0.15) is 11.4 Å². The van der Waals surface area contributed by atoms with Crippen molar-refractivity contribution < 1.29 is 4.79 Å². The molecule has 76 valence electrons. The number of H-pyrrole nitrogens is 1. The zero-order valence-corrected chi connectivity index (χ0v) is 7.72. The van der Waals surface area contributed by atoms with Crippen molar-refractivity contribution >= 4 is 17.8 Å². The zero-order chi connectivity index (χ0) is 10.8. The van der Waals surface area contributed by atoms with Gasteiger partial charge in [0.15, 0.2) is 5.84 Å². The predicted octanol–water partition coefficient (Wildman–Crippen LogP) is -0.226. The molecular weight excluding hydrogens is 196 g/mol. The second kappa shape index (κ2) is 3.47. The maximum Gasteiger partial charge on any atom is 0.269 e. The molecule has 2 heterocycles. The highest BCUT2D eigenvalue weighted by Gasteiger charge is 2.24. The summed E-state index contributed by atoms with van der Waals surface area (Å²) in [6.45, 7) is 0.528. The molecule has 0 spiro atoms. The molecule has 15 heavy (non-hydrogen) atoms. The molecule has 0 aliphatic carbocycles. The molecule has 0 aromatic carbocycles. The fraction of sp³-hybridized carbons (Fsp3) is 0.250. The summed E-state index contributed by atoms with van der Waals surface area (Å²) in [5, 5.41) is 23.2. The third-order valence-corrected chi connectivity index (χ3v) is 2.15. The van der Waals surface area contributed by atoms with Gasteiger partial charge in [-0.2, -0.15) is 10.1 Å². The third-order valence-electron chi connectivity index (χ3n) is 2.15. The van der Waals surface area contributed by atoms with Crippen LogP contribution in [0.15, 0.2) is 4.99 Å². The van der Waals surface area contributed by atoms with E-state index < -0.39 is 0 Å². The van der Waals surface area contributed by atoms with E-state index in [1.807, 2.05) is 0 Å². The normalized spacial score (nSPS) is 13.7. The molecule has 7 heteroatoms. The first-order chi connectivity index (χ1) is 7.24. The van der Waals surface area contributed by atoms with Crippen LogP contribution >= 0.6 is 0 Å². The minimum Gasteiger partial charge on any atom is -0.350 e. The third kappa shape index (κ3) is 1.44. The molecule has 0 radical (unpaired) electrons. The number of carbonyl (C=O) groups is 1. The van der Waals surface area contributed by atoms with Gasteiger partial charge in [0.05, 0.1) is 6.01 Å². The molecule has 0 saturated carbocycles. The van der Waals surface area contributed by atoms with Crippen LogP contribution in [-0.4, -0.2) is 34.5 Å². The van der Waals surface area contributed by atoms with Crippen molar-refractivity contribution in [1.82, 2.24) is 15.5 Å². The van der Waals surface area contributed by atoms with Crippen LogP contribution < -0.4 is 5.32 Å². The minimum atomic E-state index is -0.221. The predicted molar refractivity (Wildman–Crippen MR) is 51.6 cm³/mol. The lowest BCUT2D eigenvalue weighted by Gasteiger charge is -2.11. The Labute approximate surface area is 84.6 Å². The number of hydrogen-bond acceptors (Lipinski definition) is 4. The zero-order valence-electron chi connectivity index (χ0n) is 7.72. The van der Waals surface area contributed by atoms with Crippen molar-refractivity contribution in [3.8, 4) is 0 Å². The summed E-state index contributed by atoms with van der Waals surface area (Å²) in [6, 6.07) is 1.77. The van der Waals surface area contributed by atoms with Crippen LogP contribution in [0.4, 0.5) is 0 Å². The van der Waals surface area contributed by atoms with E-state index in [4.69, 9.17) is 10.8 Å². The SMILES string of the molecule is N=C=NC(=N)c1n[nH]c2c1CCNC2=O. The fourth-order valence-electron chi connectivity index (χ4n) is 1.49. The van der Waals surface area contributed by atoms with Crippen molar-refractivity contribution in [3.63, 3.8) is 0 Å². The summed E-state index contributed by atoms with van der Waals surface area (Å²) >= 11 is 0. The van der Waals surface area contributed by atoms with Crippen LogP contribution in [0.25, 0.3) is 0 Å². The van der Waals surface area contributed by atoms with Crippen molar-refractivity contribution in [2.24, 2.45) is 4.99 Å². The van der Waals surface area contributed by atoms with Crippen LogP contribution in [0.1, 0.15) is 21.7 Å². The van der Waals surface area contributed by atoms with Gasteiger partial charge in [-0.05, 0) is 6.42 Å². The van der Waals surface area contributed by atoms with Crippen LogP contribution in [0, 0.1) is 10.8 Å². The van der Waals surface area contributed by atoms with Gasteiger partial charge in [0.25, 0.3) is 5.91 Å². The van der Waals surface area contributed by atoms with Gasteiger partial charge >= 0.3 is 0 Å². The summed E-state index contributed by atoms with van der Waals surface area (Å²) in [6.07, 6.45) is 0.614. The average Bonchev–Trinajstić information content (AvgIpc) is 2.63. The van der Waals surface area contributed by atoms with Crippen molar-refractivity contribution in [1.29, 1.82) is 10.8 Å². The Kier molecular flexibility index (Phi) is 2.15. The molecule has 1 amide bonds. The van der Waals surface area contributed by atoms with E-state index in [0.717, 1.165) is 0 Å². The second-order valence-corrected chi connectivity index (χ2v) is 3.00. The number of carbonyl (C=O) groups excluding carboxylic acids is 1. The molecular formula is C8H8N6O. The number of aromatic amines is 1. The van der Waals surface area contributed by atoms with E-state index >= 15 is 0 Å². The lowest BCUT2D eigenvalue weighted by molar-refractivity contribution is 0.0941. The van der Waals surface area contributed by atoms with Crippen LogP contribution in [0.5, 0.6) is 0 Å². The van der Waals surface area contributed by atoms with Crippen molar-refractivity contribution in [2.45, 2.75) is 6.42 Å². The number of aromatic nitrogens is 2. The van der Waals surface area contributed by atoms with Gasteiger partial charge in [-0.3, -0.25) is 15.3 Å². The smallest absolute Gasteiger partial charge is 0.269 e. The van der Waals surface area contributed by atoms with E-state index in [0.29, 0.717) is 29.9 Å². The van der Waals surface area contributed by atoms with E-state index in [9.17, 15) is 4.79 Å². The number of aliphatic imine (C=N–C) groups is 1. The van der Waals surface area contributed by atoms with Crippen LogP contribution in [-0.2, 0) is 6.42 Å². The summed E-state index contributed by atoms with van der Waals surface area (Å²) in [5.74, 6) is -0.376. The molecule has 1 aromatic rings. The second-order valence-electron chi connectivity index (χ2n) is 3.00. The number of nitrogens with zero attached hydrogens (tertiary/aromatic N) is 2. The molecule has 0 saturated heterocycles. The Morgan fingerprint density at radius 2 is 2.40 bits per heavy atom. The summed E-state index contributed by atoms with van der Waals surface area (Å²) in [4.78, 5) is 14.7. The minimum absolute atomic E-state index is 0.155. The molecule has 0 atom stereocenters. The standard InChI is InChI=1S/C8H8N6O/c9-3-12-7(10)5-4-1-2-11-8(15)6(4)14-13-5/h9-10H,1-2H2,(H,11,15)(H,13,14). The topological polar surface area (TPSA) is 118 Å². The lowest BCUT2D eigenvalue weighted by Crippen LogP contribution is -2.32. The van der Waals surface area contributed by atoms with E-state index in [-0.39, 0.29) is 11.7 Å². The van der Waals surface area contributed by atoms with Gasteiger partial charge in [-0.25, -0.2) is 5.41 Å². The highest BCUT2D eigenvalue weighted by atomic mass is 16.2. The Morgan fingerprint density at radius 3 is 3.13 bits per heavy atom. The van der Waals surface area contributed by atoms with E-state index in [2.05, 4.69) is 20.5 Å². The molecule has 0 unspecified atom stereocenters. The molecule has 4 N–H and O–H groups in total. The van der Waals surface area contributed by atoms with Crippen LogP contribution in [0.2, 0.25) is 0 Å². The molecule has 2 rings (SSSR count). The van der Waals surface area contributed by atoms with Gasteiger partial charge < -0.3 is 5.32 Å². The Morgan fingerprint density at radius 1 is 1.60 bits per heavy atom. The number of hydrogen-bond donors (Lipinski definition) is 4. The number of amidine groups is 1. The fourth-order valence-corrected chi connectivity index (χ4v) is 1.49. The molecule has 1 aromatic heterocycles. The molecule has 7 nitrogen and oxygen atoms in total. The maximum absolute atomic E-state index is 11.3. The monoisotopic (exact) mass is 204 g/mol. The Balaban J connectivity index is 2.47. The lowest BCUT2D eigenvalue weighted by atomic mass is 10.1. The number of rotatable bonds is 1. The first-order valence-electron chi connectivity index (χ1n) is 4.31. The molecule has 0 fully saturated rings. The van der Waals surface area contributed by atoms with E-state index in [1.54, 1.807) is 6.01 Å². The molecule has 1 aliphatic heterocycles. The van der Waals surface area contributed by atoms with Crippen molar-refractivity contribution in [2.75, 3.05) is 6.54 Å². The summed E-state index contributed by atoms with van der Waals surface area (Å²) in [5.41, 5.74) is 1.38.